The maximum absolute atomic E-state index is 5.33. The fourth-order valence-corrected chi connectivity index (χ4v) is 3.24. The molecule has 0 amide bonds. The van der Waals surface area contributed by atoms with Gasteiger partial charge in [0.15, 0.2) is 0 Å². The lowest BCUT2D eigenvalue weighted by atomic mass is 9.93. The van der Waals surface area contributed by atoms with Crippen molar-refractivity contribution in [1.29, 1.82) is 0 Å². The smallest absolute Gasteiger partial charge is 0.119 e. The van der Waals surface area contributed by atoms with Gasteiger partial charge in [0, 0.05) is 6.54 Å². The van der Waals surface area contributed by atoms with E-state index in [1.165, 1.54) is 43.5 Å². The largest absolute Gasteiger partial charge is 0.497 e. The van der Waals surface area contributed by atoms with Crippen molar-refractivity contribution in [2.24, 2.45) is 5.92 Å². The van der Waals surface area contributed by atoms with Crippen molar-refractivity contribution < 1.29 is 4.74 Å². The molecule has 1 aliphatic heterocycles. The minimum atomic E-state index is 0.912. The number of benzene rings is 1. The molecule has 1 aliphatic rings. The normalized spacial score (nSPS) is 17.1. The van der Waals surface area contributed by atoms with Gasteiger partial charge < -0.3 is 10.1 Å². The minimum absolute atomic E-state index is 0.912. The molecular weight excluding hydrogens is 260 g/mol. The molecule has 1 fully saturated rings. The molecule has 21 heavy (non-hydrogen) atoms. The zero-order valence-electron chi connectivity index (χ0n) is 13.8. The lowest BCUT2D eigenvalue weighted by Gasteiger charge is -2.32. The second kappa shape index (κ2) is 8.40. The minimum Gasteiger partial charge on any atom is -0.497 e. The fourth-order valence-electron chi connectivity index (χ4n) is 3.24. The third kappa shape index (κ3) is 4.72. The number of piperidine rings is 1. The first-order valence-corrected chi connectivity index (χ1v) is 8.29. The van der Waals surface area contributed by atoms with Gasteiger partial charge in [0.1, 0.15) is 5.75 Å². The van der Waals surface area contributed by atoms with Crippen LogP contribution < -0.4 is 10.1 Å². The average molecular weight is 290 g/mol. The van der Waals surface area contributed by atoms with E-state index in [1.807, 2.05) is 7.05 Å². The van der Waals surface area contributed by atoms with Crippen LogP contribution in [0.4, 0.5) is 0 Å². The number of hydrogen-bond donors (Lipinski definition) is 1. The first-order chi connectivity index (χ1) is 10.3. The number of hydrogen-bond acceptors (Lipinski definition) is 3. The topological polar surface area (TPSA) is 24.5 Å². The van der Waals surface area contributed by atoms with E-state index < -0.39 is 0 Å². The van der Waals surface area contributed by atoms with Gasteiger partial charge in [-0.2, -0.15) is 0 Å². The number of rotatable bonds is 7. The third-order valence-electron chi connectivity index (χ3n) is 4.70. The second-order valence-corrected chi connectivity index (χ2v) is 6.10. The number of aryl methyl sites for hydroxylation is 1. The SMILES string of the molecule is CCc1cc(OC)ccc1CN1CCC(CCNC)CC1. The Morgan fingerprint density at radius 2 is 2.00 bits per heavy atom. The van der Waals surface area contributed by atoms with Crippen LogP contribution in [-0.2, 0) is 13.0 Å². The van der Waals surface area contributed by atoms with Crippen molar-refractivity contribution in [3.63, 3.8) is 0 Å². The molecule has 0 spiro atoms. The average Bonchev–Trinajstić information content (AvgIpc) is 2.54. The van der Waals surface area contributed by atoms with Crippen molar-refractivity contribution in [3.8, 4) is 5.75 Å². The Balaban J connectivity index is 1.88. The molecule has 3 heteroatoms. The maximum Gasteiger partial charge on any atom is 0.119 e. The van der Waals surface area contributed by atoms with Gasteiger partial charge >= 0.3 is 0 Å². The van der Waals surface area contributed by atoms with Crippen LogP contribution in [0.25, 0.3) is 0 Å². The van der Waals surface area contributed by atoms with Crippen LogP contribution in [0.5, 0.6) is 5.75 Å². The Labute approximate surface area is 129 Å². The van der Waals surface area contributed by atoms with E-state index in [-0.39, 0.29) is 0 Å². The summed E-state index contributed by atoms with van der Waals surface area (Å²) in [7, 11) is 3.79. The van der Waals surface area contributed by atoms with Gasteiger partial charge in [0.2, 0.25) is 0 Å². The standard InChI is InChI=1S/C18H30N2O/c1-4-16-13-18(21-3)6-5-17(16)14-20-11-8-15(9-12-20)7-10-19-2/h5-6,13,15,19H,4,7-12,14H2,1-3H3. The highest BCUT2D eigenvalue weighted by atomic mass is 16.5. The van der Waals surface area contributed by atoms with Gasteiger partial charge in [-0.25, -0.2) is 0 Å². The van der Waals surface area contributed by atoms with Crippen LogP contribution in [0.2, 0.25) is 0 Å². The Hall–Kier alpha value is -1.06. The third-order valence-corrected chi connectivity index (χ3v) is 4.70. The molecule has 1 saturated heterocycles. The quantitative estimate of drug-likeness (QED) is 0.835. The van der Waals surface area contributed by atoms with E-state index in [1.54, 1.807) is 7.11 Å². The Morgan fingerprint density at radius 1 is 1.24 bits per heavy atom. The predicted octanol–water partition coefficient (Wildman–Crippen LogP) is 3.08. The zero-order chi connectivity index (χ0) is 15.1. The summed E-state index contributed by atoms with van der Waals surface area (Å²) in [6, 6.07) is 6.52. The maximum atomic E-state index is 5.33. The summed E-state index contributed by atoms with van der Waals surface area (Å²) in [5.74, 6) is 1.89. The van der Waals surface area contributed by atoms with Gasteiger partial charge in [-0.05, 0) is 81.5 Å². The number of likely N-dealkylation sites (tertiary alicyclic amines) is 1. The van der Waals surface area contributed by atoms with Crippen molar-refractivity contribution >= 4 is 0 Å². The highest BCUT2D eigenvalue weighted by molar-refractivity contribution is 5.35. The van der Waals surface area contributed by atoms with Crippen LogP contribution in [0.3, 0.4) is 0 Å². The molecule has 0 radical (unpaired) electrons. The molecule has 3 nitrogen and oxygen atoms in total. The molecule has 0 aromatic heterocycles. The molecule has 1 N–H and O–H groups in total. The Morgan fingerprint density at radius 3 is 2.62 bits per heavy atom. The summed E-state index contributed by atoms with van der Waals surface area (Å²) in [5.41, 5.74) is 2.89. The van der Waals surface area contributed by atoms with Crippen molar-refractivity contribution in [1.82, 2.24) is 10.2 Å². The van der Waals surface area contributed by atoms with E-state index >= 15 is 0 Å². The van der Waals surface area contributed by atoms with E-state index in [9.17, 15) is 0 Å². The summed E-state index contributed by atoms with van der Waals surface area (Å²) >= 11 is 0. The lowest BCUT2D eigenvalue weighted by molar-refractivity contribution is 0.172. The molecule has 118 valence electrons. The lowest BCUT2D eigenvalue weighted by Crippen LogP contribution is -2.34. The van der Waals surface area contributed by atoms with Crippen LogP contribution in [0.15, 0.2) is 18.2 Å². The molecule has 0 aliphatic carbocycles. The predicted molar refractivity (Wildman–Crippen MR) is 88.9 cm³/mol. The van der Waals surface area contributed by atoms with E-state index in [0.29, 0.717) is 0 Å². The molecule has 0 saturated carbocycles. The molecule has 0 unspecified atom stereocenters. The number of nitrogens with one attached hydrogen (secondary N) is 1. The Kier molecular flexibility index (Phi) is 6.52. The van der Waals surface area contributed by atoms with Gasteiger partial charge in [0.25, 0.3) is 0 Å². The Bertz CT molecular complexity index is 425. The van der Waals surface area contributed by atoms with Crippen molar-refractivity contribution in [3.05, 3.63) is 29.3 Å². The summed E-state index contributed by atoms with van der Waals surface area (Å²) in [5, 5.41) is 3.27. The molecule has 0 bridgehead atoms. The monoisotopic (exact) mass is 290 g/mol. The van der Waals surface area contributed by atoms with Crippen LogP contribution in [0, 0.1) is 5.92 Å². The fraction of sp³-hybridized carbons (Fsp3) is 0.667. The molecular formula is C18H30N2O. The zero-order valence-corrected chi connectivity index (χ0v) is 13.8. The van der Waals surface area contributed by atoms with Crippen LogP contribution in [0.1, 0.15) is 37.3 Å². The molecule has 1 aromatic carbocycles. The molecule has 2 rings (SSSR count). The van der Waals surface area contributed by atoms with Crippen LogP contribution >= 0.6 is 0 Å². The number of methoxy groups -OCH3 is 1. The highest BCUT2D eigenvalue weighted by Gasteiger charge is 2.19. The van der Waals surface area contributed by atoms with Gasteiger partial charge in [-0.1, -0.05) is 13.0 Å². The molecule has 0 atom stereocenters. The summed E-state index contributed by atoms with van der Waals surface area (Å²) in [4.78, 5) is 2.61. The first kappa shape index (κ1) is 16.3. The second-order valence-electron chi connectivity index (χ2n) is 6.10. The molecule has 1 heterocycles. The van der Waals surface area contributed by atoms with Crippen molar-refractivity contribution in [2.45, 2.75) is 39.2 Å². The molecule has 1 aromatic rings. The summed E-state index contributed by atoms with van der Waals surface area (Å²) in [6.45, 7) is 6.95. The highest BCUT2D eigenvalue weighted by Crippen LogP contribution is 2.24. The van der Waals surface area contributed by atoms with Crippen molar-refractivity contribution in [2.75, 3.05) is 33.8 Å². The summed E-state index contributed by atoms with van der Waals surface area (Å²) < 4.78 is 5.33. The van der Waals surface area contributed by atoms with Crippen LogP contribution in [-0.4, -0.2) is 38.7 Å². The summed E-state index contributed by atoms with van der Waals surface area (Å²) in [6.07, 6.45) is 5.09. The number of nitrogens with zero attached hydrogens (tertiary/aromatic N) is 1. The van der Waals surface area contributed by atoms with E-state index in [0.717, 1.165) is 31.2 Å². The first-order valence-electron chi connectivity index (χ1n) is 8.29. The van der Waals surface area contributed by atoms with Gasteiger partial charge in [-0.3, -0.25) is 4.90 Å². The van der Waals surface area contributed by atoms with Gasteiger partial charge in [0.05, 0.1) is 7.11 Å². The van der Waals surface area contributed by atoms with Gasteiger partial charge in [-0.15, -0.1) is 0 Å². The van der Waals surface area contributed by atoms with E-state index in [4.69, 9.17) is 4.74 Å². The number of ether oxygens (including phenoxy) is 1. The van der Waals surface area contributed by atoms with E-state index in [2.05, 4.69) is 35.3 Å².